The van der Waals surface area contributed by atoms with Gasteiger partial charge in [-0.1, -0.05) is 0 Å². The smallest absolute Gasteiger partial charge is 0.222 e. The fourth-order valence-corrected chi connectivity index (χ4v) is 3.60. The molecule has 3 rings (SSSR count). The Bertz CT molecular complexity index is 702. The Kier molecular flexibility index (Phi) is 5.02. The molecule has 0 radical (unpaired) electrons. The first kappa shape index (κ1) is 16.7. The summed E-state index contributed by atoms with van der Waals surface area (Å²) in [5.74, 6) is 1.28. The number of rotatable bonds is 6. The molecule has 0 bridgehead atoms. The number of carbonyl (C=O) groups is 1. The molecular weight excluding hydrogens is 302 g/mol. The van der Waals surface area contributed by atoms with E-state index in [0.717, 1.165) is 50.4 Å². The van der Waals surface area contributed by atoms with Crippen molar-refractivity contribution < 1.29 is 4.79 Å². The summed E-state index contributed by atoms with van der Waals surface area (Å²) in [5, 5.41) is 4.54. The largest absolute Gasteiger partial charge is 0.338 e. The van der Waals surface area contributed by atoms with E-state index in [1.165, 1.54) is 5.69 Å². The summed E-state index contributed by atoms with van der Waals surface area (Å²) in [4.78, 5) is 18.9. The van der Waals surface area contributed by atoms with E-state index < -0.39 is 0 Å². The molecular formula is C18H27N5O. The minimum absolute atomic E-state index is 0.275. The number of hydrogen-bond acceptors (Lipinski definition) is 3. The summed E-state index contributed by atoms with van der Waals surface area (Å²) in [5.41, 5.74) is 2.21. The third kappa shape index (κ3) is 3.68. The first-order valence-corrected chi connectivity index (χ1v) is 8.83. The summed E-state index contributed by atoms with van der Waals surface area (Å²) in [7, 11) is 0. The van der Waals surface area contributed by atoms with E-state index in [9.17, 15) is 4.79 Å². The number of carbonyl (C=O) groups excluding carboxylic acids is 1. The summed E-state index contributed by atoms with van der Waals surface area (Å²) < 4.78 is 4.14. The van der Waals surface area contributed by atoms with Gasteiger partial charge in [0.15, 0.2) is 0 Å². The number of likely N-dealkylation sites (tertiary alicyclic amines) is 1. The van der Waals surface area contributed by atoms with Crippen molar-refractivity contribution in [3.63, 3.8) is 0 Å². The van der Waals surface area contributed by atoms with E-state index in [1.54, 1.807) is 0 Å². The molecule has 0 saturated carbocycles. The molecule has 3 heterocycles. The van der Waals surface area contributed by atoms with Crippen LogP contribution in [-0.4, -0.2) is 42.7 Å². The first-order valence-electron chi connectivity index (χ1n) is 8.83. The lowest BCUT2D eigenvalue weighted by atomic mass is 10.2. The lowest BCUT2D eigenvalue weighted by Crippen LogP contribution is -2.38. The van der Waals surface area contributed by atoms with Gasteiger partial charge in [0.25, 0.3) is 0 Å². The normalized spacial score (nSPS) is 17.6. The number of imidazole rings is 1. The maximum atomic E-state index is 12.6. The Morgan fingerprint density at radius 2 is 2.17 bits per heavy atom. The van der Waals surface area contributed by atoms with Gasteiger partial charge >= 0.3 is 0 Å². The number of nitrogens with zero attached hydrogens (tertiary/aromatic N) is 5. The monoisotopic (exact) mass is 329 g/mol. The van der Waals surface area contributed by atoms with Crippen molar-refractivity contribution in [2.24, 2.45) is 0 Å². The standard InChI is InChI=1S/C18H27N5O/c1-14-12-15(2)23(20-14)13-17-6-4-10-22(17)18(24)7-5-9-21-11-8-19-16(21)3/h8,11-12,17H,4-7,9-10,13H2,1-3H3/t17-/m1/s1. The molecule has 6 heteroatoms. The third-order valence-corrected chi connectivity index (χ3v) is 4.90. The molecule has 1 amide bonds. The molecule has 6 nitrogen and oxygen atoms in total. The van der Waals surface area contributed by atoms with E-state index in [4.69, 9.17) is 0 Å². The lowest BCUT2D eigenvalue weighted by Gasteiger charge is -2.25. The summed E-state index contributed by atoms with van der Waals surface area (Å²) >= 11 is 0. The summed E-state index contributed by atoms with van der Waals surface area (Å²) in [6.45, 7) is 8.63. The maximum absolute atomic E-state index is 12.6. The molecule has 1 aliphatic heterocycles. The van der Waals surface area contributed by atoms with Crippen LogP contribution in [0.25, 0.3) is 0 Å². The molecule has 2 aromatic heterocycles. The zero-order chi connectivity index (χ0) is 17.1. The topological polar surface area (TPSA) is 56.0 Å². The second-order valence-corrected chi connectivity index (χ2v) is 6.76. The molecule has 1 fully saturated rings. The van der Waals surface area contributed by atoms with Crippen molar-refractivity contribution in [1.29, 1.82) is 0 Å². The zero-order valence-electron chi connectivity index (χ0n) is 14.9. The Labute approximate surface area is 143 Å². The highest BCUT2D eigenvalue weighted by Crippen LogP contribution is 2.21. The van der Waals surface area contributed by atoms with Crippen LogP contribution in [0.3, 0.4) is 0 Å². The molecule has 24 heavy (non-hydrogen) atoms. The molecule has 1 saturated heterocycles. The van der Waals surface area contributed by atoms with Crippen LogP contribution >= 0.6 is 0 Å². The molecule has 0 aromatic carbocycles. The Morgan fingerprint density at radius 3 is 2.83 bits per heavy atom. The van der Waals surface area contributed by atoms with Crippen molar-refractivity contribution in [2.75, 3.05) is 6.54 Å². The molecule has 1 atom stereocenters. The second kappa shape index (κ2) is 7.20. The van der Waals surface area contributed by atoms with Crippen molar-refractivity contribution >= 4 is 5.91 Å². The molecule has 130 valence electrons. The van der Waals surface area contributed by atoms with Crippen molar-refractivity contribution in [3.05, 3.63) is 35.7 Å². The molecule has 1 aliphatic rings. The number of aryl methyl sites for hydroxylation is 4. The molecule has 0 aliphatic carbocycles. The van der Waals surface area contributed by atoms with Gasteiger partial charge in [-0.3, -0.25) is 9.48 Å². The van der Waals surface area contributed by atoms with Crippen LogP contribution in [0.1, 0.15) is 42.9 Å². The van der Waals surface area contributed by atoms with Gasteiger partial charge in [-0.2, -0.15) is 5.10 Å². The molecule has 0 N–H and O–H groups in total. The highest BCUT2D eigenvalue weighted by molar-refractivity contribution is 5.76. The van der Waals surface area contributed by atoms with Gasteiger partial charge in [0, 0.05) is 37.6 Å². The third-order valence-electron chi connectivity index (χ3n) is 4.90. The number of amides is 1. The predicted octanol–water partition coefficient (Wildman–Crippen LogP) is 2.48. The Hall–Kier alpha value is -2.11. The number of aromatic nitrogens is 4. The van der Waals surface area contributed by atoms with Crippen LogP contribution < -0.4 is 0 Å². The number of hydrogen-bond donors (Lipinski definition) is 0. The Balaban J connectivity index is 1.53. The van der Waals surface area contributed by atoms with E-state index >= 15 is 0 Å². The molecule has 2 aromatic rings. The second-order valence-electron chi connectivity index (χ2n) is 6.76. The molecule has 0 spiro atoms. The quantitative estimate of drug-likeness (QED) is 0.818. The van der Waals surface area contributed by atoms with Crippen LogP contribution in [0.2, 0.25) is 0 Å². The van der Waals surface area contributed by atoms with Crippen molar-refractivity contribution in [1.82, 2.24) is 24.2 Å². The highest BCUT2D eigenvalue weighted by Gasteiger charge is 2.29. The Morgan fingerprint density at radius 1 is 1.33 bits per heavy atom. The summed E-state index contributed by atoms with van der Waals surface area (Å²) in [6, 6.07) is 2.37. The van der Waals surface area contributed by atoms with Crippen LogP contribution in [0, 0.1) is 20.8 Å². The SMILES string of the molecule is Cc1cc(C)n(C[C@H]2CCCN2C(=O)CCCn2ccnc2C)n1. The van der Waals surface area contributed by atoms with Crippen LogP contribution in [0.4, 0.5) is 0 Å². The highest BCUT2D eigenvalue weighted by atomic mass is 16.2. The van der Waals surface area contributed by atoms with Crippen molar-refractivity contribution in [3.8, 4) is 0 Å². The van der Waals surface area contributed by atoms with Gasteiger partial charge in [0.1, 0.15) is 5.82 Å². The van der Waals surface area contributed by atoms with Gasteiger partial charge in [-0.05, 0) is 46.1 Å². The lowest BCUT2D eigenvalue weighted by molar-refractivity contribution is -0.132. The van der Waals surface area contributed by atoms with Crippen LogP contribution in [-0.2, 0) is 17.9 Å². The first-order chi connectivity index (χ1) is 11.5. The maximum Gasteiger partial charge on any atom is 0.222 e. The van der Waals surface area contributed by atoms with Crippen LogP contribution in [0.15, 0.2) is 18.5 Å². The van der Waals surface area contributed by atoms with Gasteiger partial charge < -0.3 is 9.47 Å². The fraction of sp³-hybridized carbons (Fsp3) is 0.611. The van der Waals surface area contributed by atoms with Gasteiger partial charge in [0.05, 0.1) is 18.3 Å². The minimum atomic E-state index is 0.275. The van der Waals surface area contributed by atoms with Crippen molar-refractivity contribution in [2.45, 2.75) is 65.6 Å². The van der Waals surface area contributed by atoms with E-state index in [0.29, 0.717) is 6.42 Å². The van der Waals surface area contributed by atoms with Gasteiger partial charge in [-0.15, -0.1) is 0 Å². The summed E-state index contributed by atoms with van der Waals surface area (Å²) in [6.07, 6.45) is 7.41. The van der Waals surface area contributed by atoms with Gasteiger partial charge in [-0.25, -0.2) is 4.98 Å². The van der Waals surface area contributed by atoms with Gasteiger partial charge in [0.2, 0.25) is 5.91 Å². The van der Waals surface area contributed by atoms with E-state index in [-0.39, 0.29) is 11.9 Å². The predicted molar refractivity (Wildman–Crippen MR) is 92.6 cm³/mol. The van der Waals surface area contributed by atoms with E-state index in [2.05, 4.69) is 32.5 Å². The van der Waals surface area contributed by atoms with E-state index in [1.807, 2.05) is 30.9 Å². The average molecular weight is 329 g/mol. The van der Waals surface area contributed by atoms with Crippen LogP contribution in [0.5, 0.6) is 0 Å². The average Bonchev–Trinajstić information content (AvgIpc) is 3.22. The minimum Gasteiger partial charge on any atom is -0.338 e. The molecule has 0 unspecified atom stereocenters. The fourth-order valence-electron chi connectivity index (χ4n) is 3.60. The zero-order valence-corrected chi connectivity index (χ0v) is 14.9.